The number of carbonyl (C=O) groups is 2. The zero-order valence-corrected chi connectivity index (χ0v) is 49.7. The quantitative estimate of drug-likeness (QED) is 0.0373. The molecule has 5 heteroatoms. The van der Waals surface area contributed by atoms with E-state index in [1.165, 1.54) is 315 Å². The van der Waals surface area contributed by atoms with Gasteiger partial charge < -0.3 is 14.6 Å². The van der Waals surface area contributed by atoms with E-state index in [1.807, 2.05) is 0 Å². The Morgan fingerprint density at radius 3 is 0.808 bits per heavy atom. The van der Waals surface area contributed by atoms with Gasteiger partial charge in [-0.05, 0) is 44.9 Å². The van der Waals surface area contributed by atoms with E-state index < -0.39 is 6.10 Å². The Labute approximate surface area is 457 Å². The van der Waals surface area contributed by atoms with Crippen LogP contribution in [-0.2, 0) is 19.1 Å². The minimum atomic E-state index is -0.771. The fraction of sp³-hybridized carbons (Fsp3) is 0.912. The van der Waals surface area contributed by atoms with Crippen molar-refractivity contribution in [2.24, 2.45) is 0 Å². The summed E-state index contributed by atoms with van der Waals surface area (Å²) in [4.78, 5) is 24.6. The average molecular weight is 1030 g/mol. The largest absolute Gasteiger partial charge is 0.462 e. The van der Waals surface area contributed by atoms with E-state index in [0.717, 1.165) is 38.5 Å². The van der Waals surface area contributed by atoms with E-state index in [0.29, 0.717) is 12.8 Å². The van der Waals surface area contributed by atoms with Crippen LogP contribution < -0.4 is 0 Å². The van der Waals surface area contributed by atoms with Crippen LogP contribution in [0.5, 0.6) is 0 Å². The summed E-state index contributed by atoms with van der Waals surface area (Å²) in [5.41, 5.74) is 0. The molecule has 1 atom stereocenters. The lowest BCUT2D eigenvalue weighted by Gasteiger charge is -2.15. The van der Waals surface area contributed by atoms with Gasteiger partial charge in [-0.25, -0.2) is 0 Å². The molecule has 0 aliphatic rings. The van der Waals surface area contributed by atoms with Crippen molar-refractivity contribution in [1.29, 1.82) is 0 Å². The van der Waals surface area contributed by atoms with Gasteiger partial charge in [0.2, 0.25) is 0 Å². The number of ether oxygens (including phenoxy) is 2. The number of esters is 2. The summed E-state index contributed by atoms with van der Waals surface area (Å²) in [5.74, 6) is -0.571. The monoisotopic (exact) mass is 1030 g/mol. The average Bonchev–Trinajstić information content (AvgIpc) is 3.39. The Morgan fingerprint density at radius 1 is 0.315 bits per heavy atom. The number of carbonyl (C=O) groups excluding carboxylic acids is 2. The van der Waals surface area contributed by atoms with E-state index >= 15 is 0 Å². The third-order valence-electron chi connectivity index (χ3n) is 15.5. The fourth-order valence-electron chi connectivity index (χ4n) is 10.5. The molecule has 0 aliphatic heterocycles. The molecule has 0 saturated heterocycles. The molecule has 0 fully saturated rings. The highest BCUT2D eigenvalue weighted by atomic mass is 16.6. The van der Waals surface area contributed by atoms with Gasteiger partial charge in [0.1, 0.15) is 6.61 Å². The van der Waals surface area contributed by atoms with Gasteiger partial charge in [0.05, 0.1) is 6.61 Å². The first-order chi connectivity index (χ1) is 36.1. The van der Waals surface area contributed by atoms with E-state index in [1.54, 1.807) is 0 Å². The molecule has 0 aromatic heterocycles. The van der Waals surface area contributed by atoms with Crippen molar-refractivity contribution >= 4 is 11.9 Å². The second-order valence-corrected chi connectivity index (χ2v) is 22.9. The zero-order valence-electron chi connectivity index (χ0n) is 49.7. The van der Waals surface area contributed by atoms with Crippen LogP contribution in [0, 0.1) is 0 Å². The summed E-state index contributed by atoms with van der Waals surface area (Å²) in [6, 6.07) is 0. The van der Waals surface area contributed by atoms with Crippen molar-refractivity contribution in [1.82, 2.24) is 0 Å². The maximum atomic E-state index is 12.3. The topological polar surface area (TPSA) is 72.8 Å². The molecule has 0 amide bonds. The van der Waals surface area contributed by atoms with Crippen LogP contribution in [0.4, 0.5) is 0 Å². The molecule has 0 spiro atoms. The predicted octanol–water partition coefficient (Wildman–Crippen LogP) is 22.8. The van der Waals surface area contributed by atoms with Gasteiger partial charge in [0, 0.05) is 12.8 Å². The van der Waals surface area contributed by atoms with E-state index in [-0.39, 0.29) is 25.2 Å². The second-order valence-electron chi connectivity index (χ2n) is 22.9. The Kier molecular flexibility index (Phi) is 63.2. The van der Waals surface area contributed by atoms with Crippen LogP contribution in [0.2, 0.25) is 0 Å². The van der Waals surface area contributed by atoms with Gasteiger partial charge >= 0.3 is 11.9 Å². The SMILES string of the molecule is CCCCCCC/C=C\C/C=C\CCCCCCCCCCCCCC(=O)OC(CO)COC(=O)CCCCCCCCCCCCCCCCCCCCCCCCCCCCCCCCCCCCCC. The van der Waals surface area contributed by atoms with E-state index in [4.69, 9.17) is 9.47 Å². The van der Waals surface area contributed by atoms with Crippen molar-refractivity contribution in [3.63, 3.8) is 0 Å². The summed E-state index contributed by atoms with van der Waals surface area (Å²) >= 11 is 0. The fourth-order valence-corrected chi connectivity index (χ4v) is 10.5. The van der Waals surface area contributed by atoms with Crippen LogP contribution in [-0.4, -0.2) is 36.4 Å². The van der Waals surface area contributed by atoms with Gasteiger partial charge in [-0.3, -0.25) is 9.59 Å². The molecule has 1 unspecified atom stereocenters. The number of hydrogen-bond donors (Lipinski definition) is 1. The molecule has 73 heavy (non-hydrogen) atoms. The summed E-state index contributed by atoms with van der Waals surface area (Å²) in [6.45, 7) is 4.19. The number of aliphatic hydroxyl groups is 1. The van der Waals surface area contributed by atoms with Gasteiger partial charge in [-0.2, -0.15) is 0 Å². The molecule has 1 N–H and O–H groups in total. The number of aliphatic hydroxyl groups excluding tert-OH is 1. The standard InChI is InChI=1S/C68H130O5/c1-3-5-7-9-11-13-15-17-19-21-23-25-27-28-29-30-31-32-33-34-35-36-37-38-39-41-42-44-46-48-50-52-54-56-58-60-62-67(70)72-65-66(64-69)73-68(71)63-61-59-57-55-53-51-49-47-45-43-40-26-24-22-20-18-16-14-12-10-8-6-4-2/h16,18,22,24,66,69H,3-15,17,19-21,23,25-65H2,1-2H3/b18-16-,24-22-. The third-order valence-corrected chi connectivity index (χ3v) is 15.5. The number of hydrogen-bond acceptors (Lipinski definition) is 5. The zero-order chi connectivity index (χ0) is 52.7. The Bertz CT molecular complexity index is 1120. The molecule has 0 rings (SSSR count). The molecule has 0 aliphatic carbocycles. The van der Waals surface area contributed by atoms with Crippen molar-refractivity contribution < 1.29 is 24.2 Å². The lowest BCUT2D eigenvalue weighted by molar-refractivity contribution is -0.161. The van der Waals surface area contributed by atoms with Gasteiger partial charge in [-0.15, -0.1) is 0 Å². The van der Waals surface area contributed by atoms with Crippen LogP contribution in [0.25, 0.3) is 0 Å². The molecule has 0 aromatic rings. The van der Waals surface area contributed by atoms with Crippen LogP contribution >= 0.6 is 0 Å². The van der Waals surface area contributed by atoms with Crippen molar-refractivity contribution in [2.75, 3.05) is 13.2 Å². The summed E-state index contributed by atoms with van der Waals surface area (Å²) in [7, 11) is 0. The second kappa shape index (κ2) is 64.7. The lowest BCUT2D eigenvalue weighted by Crippen LogP contribution is -2.28. The first-order valence-electron chi connectivity index (χ1n) is 33.4. The van der Waals surface area contributed by atoms with Crippen LogP contribution in [0.3, 0.4) is 0 Å². The minimum Gasteiger partial charge on any atom is -0.462 e. The minimum absolute atomic E-state index is 0.0605. The predicted molar refractivity (Wildman–Crippen MR) is 321 cm³/mol. The van der Waals surface area contributed by atoms with Crippen molar-refractivity contribution in [2.45, 2.75) is 386 Å². The number of allylic oxidation sites excluding steroid dienone is 4. The molecule has 0 aromatic carbocycles. The van der Waals surface area contributed by atoms with Gasteiger partial charge in [-0.1, -0.05) is 346 Å². The lowest BCUT2D eigenvalue weighted by atomic mass is 10.0. The highest BCUT2D eigenvalue weighted by Crippen LogP contribution is 2.19. The van der Waals surface area contributed by atoms with Crippen LogP contribution in [0.15, 0.2) is 24.3 Å². The maximum absolute atomic E-state index is 12.3. The molecule has 0 bridgehead atoms. The Morgan fingerprint density at radius 2 is 0.548 bits per heavy atom. The number of unbranched alkanes of at least 4 members (excludes halogenated alkanes) is 51. The molecule has 0 radical (unpaired) electrons. The molecule has 5 nitrogen and oxygen atoms in total. The van der Waals surface area contributed by atoms with Crippen molar-refractivity contribution in [3.8, 4) is 0 Å². The molecule has 432 valence electrons. The highest BCUT2D eigenvalue weighted by molar-refractivity contribution is 5.70. The molecule has 0 saturated carbocycles. The summed E-state index contributed by atoms with van der Waals surface area (Å²) < 4.78 is 10.7. The van der Waals surface area contributed by atoms with Gasteiger partial charge in [0.15, 0.2) is 6.10 Å². The first-order valence-corrected chi connectivity index (χ1v) is 33.4. The van der Waals surface area contributed by atoms with Crippen LogP contribution in [0.1, 0.15) is 380 Å². The van der Waals surface area contributed by atoms with Gasteiger partial charge in [0.25, 0.3) is 0 Å². The van der Waals surface area contributed by atoms with E-state index in [2.05, 4.69) is 38.2 Å². The summed E-state index contributed by atoms with van der Waals surface area (Å²) in [6.07, 6.45) is 83.5. The summed E-state index contributed by atoms with van der Waals surface area (Å²) in [5, 5.41) is 9.68. The van der Waals surface area contributed by atoms with Crippen molar-refractivity contribution in [3.05, 3.63) is 24.3 Å². The third kappa shape index (κ3) is 62.8. The smallest absolute Gasteiger partial charge is 0.306 e. The Balaban J connectivity index is 3.37. The number of rotatable bonds is 63. The Hall–Kier alpha value is -1.62. The molecule has 0 heterocycles. The first kappa shape index (κ1) is 71.4. The normalized spacial score (nSPS) is 12.2. The molecular formula is C68H130O5. The van der Waals surface area contributed by atoms with E-state index in [9.17, 15) is 14.7 Å². The maximum Gasteiger partial charge on any atom is 0.306 e. The highest BCUT2D eigenvalue weighted by Gasteiger charge is 2.16. The molecular weight excluding hydrogens is 897 g/mol.